The minimum atomic E-state index is -3.40. The van der Waals surface area contributed by atoms with Crippen LogP contribution in [0.25, 0.3) is 0 Å². The third kappa shape index (κ3) is 7.10. The maximum atomic E-state index is 12.9. The standard InChI is InChI=1S/C19H29FN2O4S/c1-16(2)15-26-19(23)22-11-3-9-21(12-13-22)10-4-14-27(24,25)18-7-5-17(20)6-8-18/h5-8,16H,3-4,9-15H2,1-2H3. The molecule has 0 N–H and O–H groups in total. The number of carbonyl (C=O) groups is 1. The van der Waals surface area contributed by atoms with Gasteiger partial charge in [0.2, 0.25) is 0 Å². The predicted octanol–water partition coefficient (Wildman–Crippen LogP) is 2.79. The Labute approximate surface area is 161 Å². The lowest BCUT2D eigenvalue weighted by Crippen LogP contribution is -2.36. The molecule has 1 fully saturated rings. The molecule has 1 aliphatic rings. The minimum absolute atomic E-state index is 0.0231. The quantitative estimate of drug-likeness (QED) is 0.659. The Kier molecular flexibility index (Phi) is 8.04. The first-order valence-corrected chi connectivity index (χ1v) is 11.1. The molecule has 0 atom stereocenters. The number of benzene rings is 1. The molecular weight excluding hydrogens is 371 g/mol. The Morgan fingerprint density at radius 2 is 1.85 bits per heavy atom. The van der Waals surface area contributed by atoms with E-state index in [9.17, 15) is 17.6 Å². The Bertz CT molecular complexity index is 707. The monoisotopic (exact) mass is 400 g/mol. The van der Waals surface area contributed by atoms with Gasteiger partial charge < -0.3 is 14.5 Å². The summed E-state index contributed by atoms with van der Waals surface area (Å²) in [5.41, 5.74) is 0. The summed E-state index contributed by atoms with van der Waals surface area (Å²) in [6.07, 6.45) is 1.06. The van der Waals surface area contributed by atoms with E-state index in [0.717, 1.165) is 25.1 Å². The fourth-order valence-corrected chi connectivity index (χ4v) is 4.24. The first-order valence-electron chi connectivity index (χ1n) is 9.40. The van der Waals surface area contributed by atoms with Crippen LogP contribution in [-0.2, 0) is 14.6 Å². The third-order valence-corrected chi connectivity index (χ3v) is 6.26. The topological polar surface area (TPSA) is 66.9 Å². The molecule has 0 unspecified atom stereocenters. The lowest BCUT2D eigenvalue weighted by Gasteiger charge is -2.22. The largest absolute Gasteiger partial charge is 0.449 e. The van der Waals surface area contributed by atoms with Crippen LogP contribution in [0.5, 0.6) is 0 Å². The van der Waals surface area contributed by atoms with Crippen LogP contribution < -0.4 is 0 Å². The summed E-state index contributed by atoms with van der Waals surface area (Å²) >= 11 is 0. The number of amides is 1. The molecule has 8 heteroatoms. The summed E-state index contributed by atoms with van der Waals surface area (Å²) in [6, 6.07) is 4.93. The van der Waals surface area contributed by atoms with Crippen LogP contribution in [0.2, 0.25) is 0 Å². The number of rotatable bonds is 7. The zero-order chi connectivity index (χ0) is 19.9. The van der Waals surface area contributed by atoms with Gasteiger partial charge in [-0.05, 0) is 56.1 Å². The third-order valence-electron chi connectivity index (χ3n) is 4.45. The van der Waals surface area contributed by atoms with Crippen LogP contribution in [0.3, 0.4) is 0 Å². The molecular formula is C19H29FN2O4S. The van der Waals surface area contributed by atoms with Gasteiger partial charge in [-0.15, -0.1) is 0 Å². The van der Waals surface area contributed by atoms with Gasteiger partial charge in [0, 0.05) is 19.6 Å². The highest BCUT2D eigenvalue weighted by Crippen LogP contribution is 2.14. The molecule has 1 aromatic rings. The first-order chi connectivity index (χ1) is 12.8. The van der Waals surface area contributed by atoms with Crippen LogP contribution in [-0.4, -0.2) is 69.4 Å². The fourth-order valence-electron chi connectivity index (χ4n) is 2.94. The van der Waals surface area contributed by atoms with Gasteiger partial charge in [-0.1, -0.05) is 13.8 Å². The average Bonchev–Trinajstić information content (AvgIpc) is 2.85. The summed E-state index contributed by atoms with van der Waals surface area (Å²) in [4.78, 5) is 16.1. The van der Waals surface area contributed by atoms with E-state index in [2.05, 4.69) is 4.90 Å². The highest BCUT2D eigenvalue weighted by atomic mass is 32.2. The Morgan fingerprint density at radius 1 is 1.15 bits per heavy atom. The molecule has 2 rings (SSSR count). The molecule has 1 amide bonds. The lowest BCUT2D eigenvalue weighted by atomic mass is 10.2. The van der Waals surface area contributed by atoms with Crippen LogP contribution in [0.4, 0.5) is 9.18 Å². The molecule has 0 radical (unpaired) electrons. The van der Waals surface area contributed by atoms with Gasteiger partial charge in [-0.25, -0.2) is 17.6 Å². The summed E-state index contributed by atoms with van der Waals surface area (Å²) in [5, 5.41) is 0. The van der Waals surface area contributed by atoms with E-state index in [-0.39, 0.29) is 16.7 Å². The summed E-state index contributed by atoms with van der Waals surface area (Å²) in [5.74, 6) is -0.120. The summed E-state index contributed by atoms with van der Waals surface area (Å²) < 4.78 is 42.8. The van der Waals surface area contributed by atoms with E-state index in [1.165, 1.54) is 12.1 Å². The van der Waals surface area contributed by atoms with Crippen LogP contribution in [0.1, 0.15) is 26.7 Å². The molecule has 1 aromatic carbocycles. The minimum Gasteiger partial charge on any atom is -0.449 e. The van der Waals surface area contributed by atoms with Crippen molar-refractivity contribution in [3.05, 3.63) is 30.1 Å². The molecule has 27 heavy (non-hydrogen) atoms. The van der Waals surface area contributed by atoms with Gasteiger partial charge in [-0.2, -0.15) is 0 Å². The molecule has 6 nitrogen and oxygen atoms in total. The van der Waals surface area contributed by atoms with Crippen molar-refractivity contribution in [1.82, 2.24) is 9.80 Å². The normalized spacial score (nSPS) is 16.4. The number of ether oxygens (including phenoxy) is 1. The molecule has 1 heterocycles. The Balaban J connectivity index is 1.77. The molecule has 0 aliphatic carbocycles. The van der Waals surface area contributed by atoms with Gasteiger partial charge in [0.1, 0.15) is 5.82 Å². The van der Waals surface area contributed by atoms with Crippen molar-refractivity contribution in [2.75, 3.05) is 45.1 Å². The van der Waals surface area contributed by atoms with Crippen molar-refractivity contribution >= 4 is 15.9 Å². The van der Waals surface area contributed by atoms with Crippen molar-refractivity contribution in [3.63, 3.8) is 0 Å². The molecule has 1 saturated heterocycles. The van der Waals surface area contributed by atoms with E-state index in [1.807, 2.05) is 13.8 Å². The number of halogens is 1. The second-order valence-electron chi connectivity index (χ2n) is 7.28. The molecule has 0 bridgehead atoms. The van der Waals surface area contributed by atoms with Gasteiger partial charge in [0.15, 0.2) is 9.84 Å². The number of carbonyl (C=O) groups excluding carboxylic acids is 1. The van der Waals surface area contributed by atoms with Gasteiger partial charge >= 0.3 is 6.09 Å². The second kappa shape index (κ2) is 10.0. The van der Waals surface area contributed by atoms with Crippen LogP contribution >= 0.6 is 0 Å². The summed E-state index contributed by atoms with van der Waals surface area (Å²) in [7, 11) is -3.40. The Hall–Kier alpha value is -1.67. The number of hydrogen-bond donors (Lipinski definition) is 0. The van der Waals surface area contributed by atoms with Crippen molar-refractivity contribution in [1.29, 1.82) is 0 Å². The van der Waals surface area contributed by atoms with E-state index in [1.54, 1.807) is 4.90 Å². The maximum Gasteiger partial charge on any atom is 0.409 e. The van der Waals surface area contributed by atoms with Gasteiger partial charge in [0.05, 0.1) is 17.3 Å². The number of sulfone groups is 1. The van der Waals surface area contributed by atoms with Gasteiger partial charge in [0.25, 0.3) is 0 Å². The SMILES string of the molecule is CC(C)COC(=O)N1CCCN(CCCS(=O)(=O)c2ccc(F)cc2)CC1. The number of hydrogen-bond acceptors (Lipinski definition) is 5. The van der Waals surface area contributed by atoms with Crippen LogP contribution in [0.15, 0.2) is 29.2 Å². The van der Waals surface area contributed by atoms with E-state index < -0.39 is 15.7 Å². The Morgan fingerprint density at radius 3 is 2.52 bits per heavy atom. The molecule has 0 spiro atoms. The maximum absolute atomic E-state index is 12.9. The zero-order valence-electron chi connectivity index (χ0n) is 16.1. The van der Waals surface area contributed by atoms with E-state index >= 15 is 0 Å². The molecule has 1 aliphatic heterocycles. The van der Waals surface area contributed by atoms with E-state index in [0.29, 0.717) is 45.1 Å². The molecule has 0 saturated carbocycles. The zero-order valence-corrected chi connectivity index (χ0v) is 16.9. The molecule has 0 aromatic heterocycles. The summed E-state index contributed by atoms with van der Waals surface area (Å²) in [6.45, 7) is 7.82. The fraction of sp³-hybridized carbons (Fsp3) is 0.632. The van der Waals surface area contributed by atoms with Crippen molar-refractivity contribution in [2.24, 2.45) is 5.92 Å². The van der Waals surface area contributed by atoms with Gasteiger partial charge in [-0.3, -0.25) is 0 Å². The smallest absolute Gasteiger partial charge is 0.409 e. The van der Waals surface area contributed by atoms with Crippen LogP contribution in [0, 0.1) is 11.7 Å². The van der Waals surface area contributed by atoms with E-state index in [4.69, 9.17) is 4.74 Å². The van der Waals surface area contributed by atoms with Crippen molar-refractivity contribution in [2.45, 2.75) is 31.6 Å². The average molecular weight is 401 g/mol. The highest BCUT2D eigenvalue weighted by Gasteiger charge is 2.21. The molecule has 152 valence electrons. The number of nitrogens with zero attached hydrogens (tertiary/aromatic N) is 2. The lowest BCUT2D eigenvalue weighted by molar-refractivity contribution is 0.0931. The second-order valence-corrected chi connectivity index (χ2v) is 9.39. The van der Waals surface area contributed by atoms with Crippen molar-refractivity contribution in [3.8, 4) is 0 Å². The predicted molar refractivity (Wildman–Crippen MR) is 102 cm³/mol. The first kappa shape index (κ1) is 21.6. The highest BCUT2D eigenvalue weighted by molar-refractivity contribution is 7.91. The van der Waals surface area contributed by atoms with Crippen molar-refractivity contribution < 1.29 is 22.3 Å².